The summed E-state index contributed by atoms with van der Waals surface area (Å²) in [5.74, 6) is -1.19. The Balaban J connectivity index is 2.17. The third-order valence-electron chi connectivity index (χ3n) is 3.26. The third kappa shape index (κ3) is 4.24. The number of aryl methyl sites for hydroxylation is 1. The predicted molar refractivity (Wildman–Crippen MR) is 89.9 cm³/mol. The van der Waals surface area contributed by atoms with Gasteiger partial charge in [0.25, 0.3) is 5.91 Å². The summed E-state index contributed by atoms with van der Waals surface area (Å²) in [6.07, 6.45) is -0.0313. The summed E-state index contributed by atoms with van der Waals surface area (Å²) in [6, 6.07) is 5.03. The normalized spacial score (nSPS) is 12.0. The quantitative estimate of drug-likeness (QED) is 0.814. The van der Waals surface area contributed by atoms with Crippen molar-refractivity contribution in [2.75, 3.05) is 6.54 Å². The fraction of sp³-hybridized carbons (Fsp3) is 0.333. The Bertz CT molecular complexity index is 756. The molecule has 2 rings (SSSR count). The first-order chi connectivity index (χ1) is 11.3. The molecular formula is C15H16Cl2N4O3. The van der Waals surface area contributed by atoms with Gasteiger partial charge in [-0.25, -0.2) is 9.67 Å². The lowest BCUT2D eigenvalue weighted by Crippen LogP contribution is -2.30. The largest absolute Gasteiger partial charge is 0.481 e. The van der Waals surface area contributed by atoms with E-state index in [1.54, 1.807) is 32.0 Å². The second-order valence-corrected chi connectivity index (χ2v) is 6.19. The second-order valence-electron chi connectivity index (χ2n) is 5.38. The zero-order valence-corrected chi connectivity index (χ0v) is 14.6. The summed E-state index contributed by atoms with van der Waals surface area (Å²) in [4.78, 5) is 26.9. The molecule has 9 heteroatoms. The number of nitrogens with zero attached hydrogens (tertiary/aromatic N) is 3. The lowest BCUT2D eigenvalue weighted by atomic mass is 10.1. The van der Waals surface area contributed by atoms with E-state index in [-0.39, 0.29) is 24.7 Å². The molecule has 1 aromatic heterocycles. The summed E-state index contributed by atoms with van der Waals surface area (Å²) in [6.45, 7) is 3.62. The van der Waals surface area contributed by atoms with E-state index in [2.05, 4.69) is 15.4 Å². The molecule has 0 spiro atoms. The number of halogens is 2. The van der Waals surface area contributed by atoms with Crippen LogP contribution in [0.3, 0.4) is 0 Å². The van der Waals surface area contributed by atoms with Crippen molar-refractivity contribution in [2.24, 2.45) is 5.92 Å². The standard InChI is InChI=1S/C15H16Cl2N4O3/c1-8(6-12(22)23)7-18-15(24)14-19-9(2)21(20-14)13-10(16)4-3-5-11(13)17/h3-5,8H,6-7H2,1-2H3,(H,18,24)(H,22,23). The number of carbonyl (C=O) groups is 2. The number of carbonyl (C=O) groups excluding carboxylic acids is 1. The topological polar surface area (TPSA) is 97.1 Å². The highest BCUT2D eigenvalue weighted by Gasteiger charge is 2.19. The Kier molecular flexibility index (Phi) is 5.80. The zero-order valence-electron chi connectivity index (χ0n) is 13.1. The predicted octanol–water partition coefficient (Wildman–Crippen LogP) is 2.72. The molecule has 24 heavy (non-hydrogen) atoms. The Morgan fingerprint density at radius 1 is 1.33 bits per heavy atom. The van der Waals surface area contributed by atoms with Gasteiger partial charge >= 0.3 is 5.97 Å². The number of hydrogen-bond acceptors (Lipinski definition) is 4. The lowest BCUT2D eigenvalue weighted by molar-refractivity contribution is -0.137. The molecule has 1 aromatic carbocycles. The molecule has 0 aliphatic rings. The molecule has 1 unspecified atom stereocenters. The van der Waals surface area contributed by atoms with Crippen LogP contribution in [-0.4, -0.2) is 38.3 Å². The molecule has 1 atom stereocenters. The molecule has 0 bridgehead atoms. The van der Waals surface area contributed by atoms with E-state index in [0.717, 1.165) is 0 Å². The van der Waals surface area contributed by atoms with Gasteiger partial charge in [0.1, 0.15) is 11.5 Å². The number of aromatic nitrogens is 3. The number of rotatable bonds is 6. The average molecular weight is 371 g/mol. The Morgan fingerprint density at radius 2 is 1.96 bits per heavy atom. The molecule has 7 nitrogen and oxygen atoms in total. The van der Waals surface area contributed by atoms with Crippen molar-refractivity contribution < 1.29 is 14.7 Å². The van der Waals surface area contributed by atoms with Crippen LogP contribution in [0, 0.1) is 12.8 Å². The number of para-hydroxylation sites is 1. The monoisotopic (exact) mass is 370 g/mol. The Hall–Kier alpha value is -2.12. The number of carboxylic acids is 1. The molecule has 1 amide bonds. The van der Waals surface area contributed by atoms with Crippen molar-refractivity contribution in [3.8, 4) is 5.69 Å². The summed E-state index contributed by atoms with van der Waals surface area (Å²) in [7, 11) is 0. The lowest BCUT2D eigenvalue weighted by Gasteiger charge is -2.09. The molecule has 1 heterocycles. The molecule has 0 aliphatic heterocycles. The van der Waals surface area contributed by atoms with Gasteiger partial charge < -0.3 is 10.4 Å². The van der Waals surface area contributed by atoms with Crippen LogP contribution in [0.2, 0.25) is 10.0 Å². The molecule has 0 radical (unpaired) electrons. The molecule has 0 fully saturated rings. The van der Waals surface area contributed by atoms with Gasteiger partial charge in [-0.2, -0.15) is 0 Å². The van der Waals surface area contributed by atoms with Crippen LogP contribution < -0.4 is 5.32 Å². The first-order valence-electron chi connectivity index (χ1n) is 7.17. The van der Waals surface area contributed by atoms with Crippen molar-refractivity contribution in [1.29, 1.82) is 0 Å². The summed E-state index contributed by atoms with van der Waals surface area (Å²) in [5, 5.41) is 16.3. The van der Waals surface area contributed by atoms with E-state index in [1.807, 2.05) is 0 Å². The number of hydrogen-bond donors (Lipinski definition) is 2. The summed E-state index contributed by atoms with van der Waals surface area (Å²) in [5.41, 5.74) is 0.448. The highest BCUT2D eigenvalue weighted by Crippen LogP contribution is 2.28. The first kappa shape index (κ1) is 18.2. The van der Waals surface area contributed by atoms with E-state index >= 15 is 0 Å². The maximum atomic E-state index is 12.1. The fourth-order valence-corrected chi connectivity index (χ4v) is 2.66. The molecule has 0 saturated carbocycles. The average Bonchev–Trinajstić information content (AvgIpc) is 2.86. The van der Waals surface area contributed by atoms with E-state index in [1.165, 1.54) is 4.68 Å². The second kappa shape index (κ2) is 7.63. The maximum absolute atomic E-state index is 12.1. The SMILES string of the molecule is Cc1nc(C(=O)NCC(C)CC(=O)O)nn1-c1c(Cl)cccc1Cl. The van der Waals surface area contributed by atoms with Gasteiger partial charge in [-0.1, -0.05) is 36.2 Å². The van der Waals surface area contributed by atoms with Crippen LogP contribution in [-0.2, 0) is 4.79 Å². The van der Waals surface area contributed by atoms with Crippen LogP contribution in [0.25, 0.3) is 5.69 Å². The van der Waals surface area contributed by atoms with Crippen molar-refractivity contribution in [3.63, 3.8) is 0 Å². The van der Waals surface area contributed by atoms with Gasteiger partial charge in [-0.05, 0) is 25.0 Å². The zero-order chi connectivity index (χ0) is 17.9. The number of nitrogens with one attached hydrogen (secondary N) is 1. The van der Waals surface area contributed by atoms with Gasteiger partial charge in [-0.15, -0.1) is 5.10 Å². The molecule has 128 valence electrons. The van der Waals surface area contributed by atoms with Gasteiger partial charge in [0.05, 0.1) is 10.0 Å². The molecule has 2 N–H and O–H groups in total. The number of aliphatic carboxylic acids is 1. The number of benzene rings is 1. The highest BCUT2D eigenvalue weighted by atomic mass is 35.5. The van der Waals surface area contributed by atoms with Crippen LogP contribution in [0.15, 0.2) is 18.2 Å². The van der Waals surface area contributed by atoms with E-state index in [4.69, 9.17) is 28.3 Å². The van der Waals surface area contributed by atoms with Crippen molar-refractivity contribution >= 4 is 35.1 Å². The van der Waals surface area contributed by atoms with Crippen molar-refractivity contribution in [1.82, 2.24) is 20.1 Å². The Morgan fingerprint density at radius 3 is 2.54 bits per heavy atom. The van der Waals surface area contributed by atoms with Crippen molar-refractivity contribution in [3.05, 3.63) is 39.9 Å². The smallest absolute Gasteiger partial charge is 0.303 e. The van der Waals surface area contributed by atoms with E-state index in [9.17, 15) is 9.59 Å². The number of amides is 1. The van der Waals surface area contributed by atoms with Crippen LogP contribution in [0.1, 0.15) is 29.8 Å². The molecule has 2 aromatic rings. The van der Waals surface area contributed by atoms with Crippen LogP contribution >= 0.6 is 23.2 Å². The minimum atomic E-state index is -0.914. The maximum Gasteiger partial charge on any atom is 0.303 e. The van der Waals surface area contributed by atoms with Gasteiger partial charge in [0.2, 0.25) is 5.82 Å². The molecular weight excluding hydrogens is 355 g/mol. The van der Waals surface area contributed by atoms with E-state index in [0.29, 0.717) is 21.6 Å². The molecule has 0 saturated heterocycles. The van der Waals surface area contributed by atoms with Gasteiger partial charge in [-0.3, -0.25) is 9.59 Å². The summed E-state index contributed by atoms with van der Waals surface area (Å²) >= 11 is 12.3. The Labute approximate surface area is 148 Å². The summed E-state index contributed by atoms with van der Waals surface area (Å²) < 4.78 is 1.40. The fourth-order valence-electron chi connectivity index (χ4n) is 2.11. The van der Waals surface area contributed by atoms with Crippen LogP contribution in [0.5, 0.6) is 0 Å². The number of carboxylic acid groups (broad SMARTS) is 1. The van der Waals surface area contributed by atoms with Gasteiger partial charge in [0.15, 0.2) is 0 Å². The minimum absolute atomic E-state index is 0.0313. The molecule has 0 aliphatic carbocycles. The third-order valence-corrected chi connectivity index (χ3v) is 3.87. The van der Waals surface area contributed by atoms with Gasteiger partial charge in [0, 0.05) is 13.0 Å². The van der Waals surface area contributed by atoms with Crippen LogP contribution in [0.4, 0.5) is 0 Å². The minimum Gasteiger partial charge on any atom is -0.481 e. The van der Waals surface area contributed by atoms with E-state index < -0.39 is 11.9 Å². The van der Waals surface area contributed by atoms with Crippen molar-refractivity contribution in [2.45, 2.75) is 20.3 Å². The first-order valence-corrected chi connectivity index (χ1v) is 7.93. The highest BCUT2D eigenvalue weighted by molar-refractivity contribution is 6.37.